The van der Waals surface area contributed by atoms with Crippen LogP contribution in [0, 0.1) is 5.41 Å². The molecule has 2 aromatic carbocycles. The molecule has 198 valence electrons. The predicted octanol–water partition coefficient (Wildman–Crippen LogP) is 3.28. The van der Waals surface area contributed by atoms with Gasteiger partial charge in [0.15, 0.2) is 0 Å². The van der Waals surface area contributed by atoms with E-state index in [-0.39, 0.29) is 34.5 Å². The molecule has 0 unspecified atom stereocenters. The third kappa shape index (κ3) is 5.25. The fraction of sp³-hybridized carbons (Fsp3) is 0.462. The van der Waals surface area contributed by atoms with Crippen molar-refractivity contribution < 1.29 is 38.3 Å². The van der Waals surface area contributed by atoms with Gasteiger partial charge in [0.1, 0.15) is 17.6 Å². The van der Waals surface area contributed by atoms with Crippen molar-refractivity contribution in [1.29, 1.82) is 0 Å². The van der Waals surface area contributed by atoms with Gasteiger partial charge in [0.25, 0.3) is 12.4 Å². The Bertz CT molecular complexity index is 1280. The van der Waals surface area contributed by atoms with Crippen molar-refractivity contribution in [2.24, 2.45) is 5.41 Å². The summed E-state index contributed by atoms with van der Waals surface area (Å²) >= 11 is 0. The van der Waals surface area contributed by atoms with E-state index in [4.69, 9.17) is 9.26 Å². The van der Waals surface area contributed by atoms with E-state index in [1.807, 2.05) is 19.9 Å². The highest BCUT2D eigenvalue weighted by Gasteiger charge is 2.53. The molecular weight excluding hydrogens is 499 g/mol. The summed E-state index contributed by atoms with van der Waals surface area (Å²) in [6.07, 6.45) is 1.90. The summed E-state index contributed by atoms with van der Waals surface area (Å²) in [6.45, 7) is 7.73. The van der Waals surface area contributed by atoms with Gasteiger partial charge in [-0.1, -0.05) is 32.0 Å². The van der Waals surface area contributed by atoms with E-state index in [0.717, 1.165) is 55.2 Å². The average molecular weight is 531 g/mol. The van der Waals surface area contributed by atoms with Crippen molar-refractivity contribution >= 4 is 20.2 Å². The van der Waals surface area contributed by atoms with E-state index in [9.17, 15) is 29.0 Å². The average Bonchev–Trinajstić information content (AvgIpc) is 3.18. The smallest absolute Gasteiger partial charge is 0.508 e. The zero-order valence-electron chi connectivity index (χ0n) is 20.8. The highest BCUT2D eigenvalue weighted by molar-refractivity contribution is 7.46. The van der Waals surface area contributed by atoms with E-state index in [1.54, 1.807) is 4.90 Å². The molecule has 0 bridgehead atoms. The Morgan fingerprint density at radius 2 is 1.86 bits per heavy atom. The summed E-state index contributed by atoms with van der Waals surface area (Å²) in [4.78, 5) is 46.6. The molecule has 0 aromatic heterocycles. The van der Waals surface area contributed by atoms with Crippen LogP contribution in [-0.2, 0) is 33.7 Å². The molecule has 0 radical (unpaired) electrons. The summed E-state index contributed by atoms with van der Waals surface area (Å²) < 4.78 is 21.3. The largest absolute Gasteiger partial charge is 0.524 e. The van der Waals surface area contributed by atoms with Gasteiger partial charge in [-0.15, -0.1) is 0 Å². The minimum absolute atomic E-state index is 0.00101. The van der Waals surface area contributed by atoms with Crippen molar-refractivity contribution in [2.75, 3.05) is 13.1 Å². The van der Waals surface area contributed by atoms with Gasteiger partial charge < -0.3 is 19.3 Å². The third-order valence-corrected chi connectivity index (χ3v) is 8.01. The molecule has 1 saturated heterocycles. The molecule has 2 aromatic rings. The molecule has 1 spiro atoms. The van der Waals surface area contributed by atoms with Crippen LogP contribution in [0.2, 0.25) is 0 Å². The summed E-state index contributed by atoms with van der Waals surface area (Å²) in [7, 11) is -4.94. The maximum Gasteiger partial charge on any atom is 0.524 e. The molecule has 5 rings (SSSR count). The number of rotatable bonds is 8. The molecule has 10 nitrogen and oxygen atoms in total. The number of fused-ring (bicyclic) bond motifs is 1. The molecule has 2 aliphatic heterocycles. The predicted molar refractivity (Wildman–Crippen MR) is 133 cm³/mol. The number of nitrogens with zero attached hydrogens (tertiary/aromatic N) is 2. The monoisotopic (exact) mass is 530 g/mol. The van der Waals surface area contributed by atoms with Crippen LogP contribution in [0.5, 0.6) is 11.5 Å². The van der Waals surface area contributed by atoms with Crippen LogP contribution in [0.4, 0.5) is 0 Å². The topological polar surface area (TPSA) is 137 Å². The summed E-state index contributed by atoms with van der Waals surface area (Å²) in [6, 6.07) is 8.74. The van der Waals surface area contributed by atoms with Crippen LogP contribution < -0.4 is 4.52 Å². The number of benzene rings is 2. The Hall–Kier alpha value is -2.91. The maximum absolute atomic E-state index is 13.5. The van der Waals surface area contributed by atoms with Gasteiger partial charge in [-0.05, 0) is 47.1 Å². The molecule has 1 saturated carbocycles. The van der Waals surface area contributed by atoms with Crippen LogP contribution in [0.25, 0.3) is 0 Å². The zero-order chi connectivity index (χ0) is 26.5. The van der Waals surface area contributed by atoms with E-state index >= 15 is 0 Å². The van der Waals surface area contributed by atoms with E-state index in [2.05, 4.69) is 17.0 Å². The number of hydrogen-bond acceptors (Lipinski definition) is 7. The molecule has 0 atom stereocenters. The molecule has 2 heterocycles. The Kier molecular flexibility index (Phi) is 6.56. The molecule has 1 amide bonds. The number of amides is 1. The Morgan fingerprint density at radius 3 is 2.51 bits per heavy atom. The molecule has 37 heavy (non-hydrogen) atoms. The first-order valence-electron chi connectivity index (χ1n) is 12.3. The lowest BCUT2D eigenvalue weighted by Crippen LogP contribution is -2.63. The maximum atomic E-state index is 13.5. The molecule has 11 heteroatoms. The van der Waals surface area contributed by atoms with Gasteiger partial charge >= 0.3 is 7.82 Å². The van der Waals surface area contributed by atoms with Crippen molar-refractivity contribution in [2.45, 2.75) is 58.3 Å². The van der Waals surface area contributed by atoms with E-state index in [1.165, 1.54) is 6.07 Å². The van der Waals surface area contributed by atoms with Gasteiger partial charge in [0, 0.05) is 44.2 Å². The van der Waals surface area contributed by atoms with Gasteiger partial charge in [0.2, 0.25) is 0 Å². The summed E-state index contributed by atoms with van der Waals surface area (Å²) in [5.74, 6) is -1.07. The number of phosphoric acid groups is 1. The number of carbonyl (C=O) groups is 2. The van der Waals surface area contributed by atoms with Crippen molar-refractivity contribution in [3.05, 3.63) is 58.1 Å². The summed E-state index contributed by atoms with van der Waals surface area (Å²) in [5.41, 5.74) is 3.97. The SMILES string of the molecule is CC(C)c1cc(C(=O)N2Cc3ccc(CN4CC5(CC(OC=O)C5)C4)cc3C2)c(OP(=O)(O)O)cc1O. The number of ether oxygens (including phenoxy) is 1. The minimum Gasteiger partial charge on any atom is -0.508 e. The van der Waals surface area contributed by atoms with Gasteiger partial charge in [-0.2, -0.15) is 0 Å². The van der Waals surface area contributed by atoms with Gasteiger partial charge in [-0.3, -0.25) is 24.3 Å². The van der Waals surface area contributed by atoms with Crippen LogP contribution in [0.1, 0.15) is 65.2 Å². The Balaban J connectivity index is 1.27. The molecule has 2 fully saturated rings. The van der Waals surface area contributed by atoms with Crippen molar-refractivity contribution in [3.8, 4) is 11.5 Å². The Morgan fingerprint density at radius 1 is 1.16 bits per heavy atom. The standard InChI is InChI=1S/C26H31N2O8P/c1-16(2)21-6-22(24(7-23(21)30)36-37(32,33)34)25(31)28-11-18-4-3-17(5-19(18)12-28)10-27-13-26(14-27)8-20(9-26)35-15-29/h3-7,15-16,20,30H,8-14H2,1-2H3,(H2,32,33,34). The van der Waals surface area contributed by atoms with Crippen molar-refractivity contribution in [3.63, 3.8) is 0 Å². The lowest BCUT2D eigenvalue weighted by atomic mass is 9.61. The quantitative estimate of drug-likeness (QED) is 0.347. The number of phosphoric ester groups is 1. The normalized spacial score (nSPS) is 18.9. The molecule has 1 aliphatic carbocycles. The van der Waals surface area contributed by atoms with E-state index in [0.29, 0.717) is 25.1 Å². The zero-order valence-corrected chi connectivity index (χ0v) is 21.7. The van der Waals surface area contributed by atoms with Crippen LogP contribution >= 0.6 is 7.82 Å². The lowest BCUT2D eigenvalue weighted by molar-refractivity contribution is -0.165. The van der Waals surface area contributed by atoms with Gasteiger partial charge in [0.05, 0.1) is 5.56 Å². The number of phenols is 1. The van der Waals surface area contributed by atoms with Crippen LogP contribution in [0.3, 0.4) is 0 Å². The second-order valence-electron chi connectivity index (χ2n) is 10.8. The third-order valence-electron chi connectivity index (χ3n) is 7.57. The van der Waals surface area contributed by atoms with Crippen LogP contribution in [-0.4, -0.2) is 56.3 Å². The highest BCUT2D eigenvalue weighted by Crippen LogP contribution is 2.50. The second-order valence-corrected chi connectivity index (χ2v) is 12.0. The number of phenolic OH excluding ortho intramolecular Hbond substituents is 1. The molecule has 3 N–H and O–H groups in total. The number of carbonyl (C=O) groups excluding carboxylic acids is 2. The van der Waals surface area contributed by atoms with Gasteiger partial charge in [-0.25, -0.2) is 4.57 Å². The number of hydrogen-bond donors (Lipinski definition) is 3. The molecular formula is C26H31N2O8P. The number of likely N-dealkylation sites (tertiary alicyclic amines) is 1. The Labute approximate surface area is 215 Å². The van der Waals surface area contributed by atoms with E-state index < -0.39 is 13.7 Å². The number of aromatic hydroxyl groups is 1. The lowest BCUT2D eigenvalue weighted by Gasteiger charge is -2.58. The van der Waals surface area contributed by atoms with Crippen LogP contribution in [0.15, 0.2) is 30.3 Å². The first-order chi connectivity index (χ1) is 17.4. The molecule has 3 aliphatic rings. The fourth-order valence-electron chi connectivity index (χ4n) is 5.89. The minimum atomic E-state index is -4.94. The highest BCUT2D eigenvalue weighted by atomic mass is 31.2. The first-order valence-corrected chi connectivity index (χ1v) is 13.8. The first kappa shape index (κ1) is 25.7. The summed E-state index contributed by atoms with van der Waals surface area (Å²) in [5, 5.41) is 10.3. The second kappa shape index (κ2) is 9.44. The van der Waals surface area contributed by atoms with Crippen molar-refractivity contribution in [1.82, 2.24) is 9.80 Å². The fourth-order valence-corrected chi connectivity index (χ4v) is 6.30.